The summed E-state index contributed by atoms with van der Waals surface area (Å²) < 4.78 is 4.93. The van der Waals surface area contributed by atoms with E-state index in [4.69, 9.17) is 4.74 Å². The summed E-state index contributed by atoms with van der Waals surface area (Å²) in [7, 11) is 1.38. The molecular weight excluding hydrogens is 270 g/mol. The summed E-state index contributed by atoms with van der Waals surface area (Å²) in [6.07, 6.45) is 0.909. The highest BCUT2D eigenvalue weighted by Gasteiger charge is 2.21. The van der Waals surface area contributed by atoms with Crippen molar-refractivity contribution in [2.45, 2.75) is 13.0 Å². The molecule has 6 nitrogen and oxygen atoms in total. The lowest BCUT2D eigenvalue weighted by Gasteiger charge is -2.29. The van der Waals surface area contributed by atoms with E-state index in [2.05, 4.69) is 22.3 Å². The number of aromatic nitrogens is 2. The Bertz CT molecular complexity index is 688. The van der Waals surface area contributed by atoms with Crippen molar-refractivity contribution in [1.82, 2.24) is 10.2 Å². The Balaban J connectivity index is 1.92. The fraction of sp³-hybridized carbons (Fsp3) is 0.267. The zero-order valence-corrected chi connectivity index (χ0v) is 11.6. The largest absolute Gasteiger partial charge is 0.479 e. The number of rotatable bonds is 3. The lowest BCUT2D eigenvalue weighted by Crippen LogP contribution is -2.31. The second kappa shape index (κ2) is 5.40. The molecule has 0 radical (unpaired) electrons. The molecule has 1 N–H and O–H groups in total. The van der Waals surface area contributed by atoms with E-state index in [1.165, 1.54) is 24.3 Å². The van der Waals surface area contributed by atoms with Crippen LogP contribution in [-0.4, -0.2) is 34.9 Å². The van der Waals surface area contributed by atoms with Crippen LogP contribution < -0.4 is 9.64 Å². The Kier molecular flexibility index (Phi) is 3.43. The zero-order valence-electron chi connectivity index (χ0n) is 11.6. The molecule has 0 fully saturated rings. The number of carbonyl (C=O) groups is 1. The first-order chi connectivity index (χ1) is 10.2. The van der Waals surface area contributed by atoms with Gasteiger partial charge in [-0.25, -0.2) is 4.79 Å². The fourth-order valence-electron chi connectivity index (χ4n) is 2.52. The molecule has 1 aromatic carbocycles. The molecule has 21 heavy (non-hydrogen) atoms. The lowest BCUT2D eigenvalue weighted by molar-refractivity contribution is 0.0692. The van der Waals surface area contributed by atoms with Gasteiger partial charge in [0.05, 0.1) is 7.11 Å². The normalized spacial score (nSPS) is 13.7. The fourth-order valence-corrected chi connectivity index (χ4v) is 2.52. The van der Waals surface area contributed by atoms with Gasteiger partial charge < -0.3 is 14.7 Å². The Morgan fingerprint density at radius 1 is 1.29 bits per heavy atom. The minimum absolute atomic E-state index is 0.0290. The molecular formula is C15H15N3O3. The molecule has 2 heterocycles. The van der Waals surface area contributed by atoms with E-state index in [1.807, 2.05) is 17.0 Å². The monoisotopic (exact) mass is 285 g/mol. The highest BCUT2D eigenvalue weighted by Crippen LogP contribution is 2.25. The summed E-state index contributed by atoms with van der Waals surface area (Å²) in [5.74, 6) is -0.480. The van der Waals surface area contributed by atoms with Gasteiger partial charge in [-0.1, -0.05) is 24.3 Å². The van der Waals surface area contributed by atoms with E-state index in [-0.39, 0.29) is 11.4 Å². The van der Waals surface area contributed by atoms with Gasteiger partial charge in [0, 0.05) is 19.2 Å². The third kappa shape index (κ3) is 2.52. The van der Waals surface area contributed by atoms with Crippen LogP contribution in [0.5, 0.6) is 5.88 Å². The van der Waals surface area contributed by atoms with Crippen molar-refractivity contribution in [3.63, 3.8) is 0 Å². The van der Waals surface area contributed by atoms with Crippen LogP contribution in [-0.2, 0) is 13.0 Å². The maximum atomic E-state index is 11.2. The van der Waals surface area contributed by atoms with Crippen LogP contribution >= 0.6 is 0 Å². The van der Waals surface area contributed by atoms with Gasteiger partial charge in [-0.2, -0.15) is 0 Å². The second-order valence-electron chi connectivity index (χ2n) is 4.87. The average molecular weight is 285 g/mol. The summed E-state index contributed by atoms with van der Waals surface area (Å²) in [5, 5.41) is 17.1. The average Bonchev–Trinajstić information content (AvgIpc) is 2.53. The van der Waals surface area contributed by atoms with Crippen molar-refractivity contribution >= 4 is 11.8 Å². The van der Waals surface area contributed by atoms with Gasteiger partial charge in [0.25, 0.3) is 0 Å². The molecule has 0 saturated carbocycles. The van der Waals surface area contributed by atoms with E-state index in [0.717, 1.165) is 13.0 Å². The SMILES string of the molecule is COc1nnc(N2CCc3ccccc3C2)cc1C(=O)O. The van der Waals surface area contributed by atoms with Crippen LogP contribution in [0, 0.1) is 0 Å². The molecule has 0 amide bonds. The van der Waals surface area contributed by atoms with E-state index < -0.39 is 5.97 Å². The number of anilines is 1. The number of hydrogen-bond acceptors (Lipinski definition) is 5. The van der Waals surface area contributed by atoms with Crippen LogP contribution in [0.15, 0.2) is 30.3 Å². The second-order valence-corrected chi connectivity index (χ2v) is 4.87. The van der Waals surface area contributed by atoms with E-state index >= 15 is 0 Å². The quantitative estimate of drug-likeness (QED) is 0.926. The van der Waals surface area contributed by atoms with Gasteiger partial charge in [0.15, 0.2) is 5.82 Å². The van der Waals surface area contributed by atoms with Crippen molar-refractivity contribution in [1.29, 1.82) is 0 Å². The number of carboxylic acid groups (broad SMARTS) is 1. The molecule has 1 aliphatic heterocycles. The first-order valence-electron chi connectivity index (χ1n) is 6.66. The number of benzene rings is 1. The van der Waals surface area contributed by atoms with E-state index in [1.54, 1.807) is 0 Å². The Labute approximate surface area is 122 Å². The van der Waals surface area contributed by atoms with Crippen LogP contribution in [0.4, 0.5) is 5.82 Å². The predicted molar refractivity (Wildman–Crippen MR) is 76.7 cm³/mol. The highest BCUT2D eigenvalue weighted by atomic mass is 16.5. The number of fused-ring (bicyclic) bond motifs is 1. The minimum Gasteiger partial charge on any atom is -0.479 e. The molecule has 108 valence electrons. The summed E-state index contributed by atoms with van der Waals surface area (Å²) in [6.45, 7) is 1.49. The van der Waals surface area contributed by atoms with E-state index in [0.29, 0.717) is 12.4 Å². The molecule has 0 bridgehead atoms. The molecule has 0 spiro atoms. The van der Waals surface area contributed by atoms with Crippen LogP contribution in [0.25, 0.3) is 0 Å². The highest BCUT2D eigenvalue weighted by molar-refractivity contribution is 5.90. The molecule has 0 unspecified atom stereocenters. The Morgan fingerprint density at radius 2 is 2.05 bits per heavy atom. The third-order valence-electron chi connectivity index (χ3n) is 3.63. The number of ether oxygens (including phenoxy) is 1. The topological polar surface area (TPSA) is 75.6 Å². The maximum Gasteiger partial charge on any atom is 0.341 e. The smallest absolute Gasteiger partial charge is 0.341 e. The van der Waals surface area contributed by atoms with Crippen molar-refractivity contribution in [3.8, 4) is 5.88 Å². The third-order valence-corrected chi connectivity index (χ3v) is 3.63. The Morgan fingerprint density at radius 3 is 2.76 bits per heavy atom. The molecule has 0 saturated heterocycles. The number of nitrogens with zero attached hydrogens (tertiary/aromatic N) is 3. The van der Waals surface area contributed by atoms with Crippen molar-refractivity contribution in [2.24, 2.45) is 0 Å². The van der Waals surface area contributed by atoms with Crippen LogP contribution in [0.1, 0.15) is 21.5 Å². The maximum absolute atomic E-state index is 11.2. The molecule has 0 atom stereocenters. The summed E-state index contributed by atoms with van der Waals surface area (Å²) in [5.41, 5.74) is 2.59. The molecule has 1 aromatic heterocycles. The van der Waals surface area contributed by atoms with Gasteiger partial charge in [0.2, 0.25) is 5.88 Å². The molecule has 6 heteroatoms. The van der Waals surface area contributed by atoms with E-state index in [9.17, 15) is 9.90 Å². The molecule has 1 aliphatic rings. The number of aromatic carboxylic acids is 1. The van der Waals surface area contributed by atoms with Crippen molar-refractivity contribution in [2.75, 3.05) is 18.6 Å². The Hall–Kier alpha value is -2.63. The van der Waals surface area contributed by atoms with Gasteiger partial charge >= 0.3 is 5.97 Å². The first kappa shape index (κ1) is 13.4. The first-order valence-corrected chi connectivity index (χ1v) is 6.66. The predicted octanol–water partition coefficient (Wildman–Crippen LogP) is 1.75. The van der Waals surface area contributed by atoms with Gasteiger partial charge in [-0.3, -0.25) is 0 Å². The number of hydrogen-bond donors (Lipinski definition) is 1. The molecule has 0 aliphatic carbocycles. The minimum atomic E-state index is -1.07. The summed E-state index contributed by atoms with van der Waals surface area (Å²) >= 11 is 0. The van der Waals surface area contributed by atoms with Crippen molar-refractivity contribution in [3.05, 3.63) is 47.0 Å². The molecule has 2 aromatic rings. The van der Waals surface area contributed by atoms with Crippen LogP contribution in [0.2, 0.25) is 0 Å². The standard InChI is InChI=1S/C15H15N3O3/c1-21-14-12(15(19)20)8-13(16-17-14)18-7-6-10-4-2-3-5-11(10)9-18/h2-5,8H,6-7,9H2,1H3,(H,19,20). The van der Waals surface area contributed by atoms with Gasteiger partial charge in [-0.05, 0) is 17.5 Å². The molecule has 3 rings (SSSR count). The van der Waals surface area contributed by atoms with Crippen molar-refractivity contribution < 1.29 is 14.6 Å². The summed E-state index contributed by atoms with van der Waals surface area (Å²) in [4.78, 5) is 13.3. The van der Waals surface area contributed by atoms with Gasteiger partial charge in [0.1, 0.15) is 5.56 Å². The van der Waals surface area contributed by atoms with Crippen LogP contribution in [0.3, 0.4) is 0 Å². The number of methoxy groups -OCH3 is 1. The number of carboxylic acids is 1. The van der Waals surface area contributed by atoms with Gasteiger partial charge in [-0.15, -0.1) is 10.2 Å². The zero-order chi connectivity index (χ0) is 14.8. The lowest BCUT2D eigenvalue weighted by atomic mass is 10.00. The summed E-state index contributed by atoms with van der Waals surface area (Å²) in [6, 6.07) is 9.75.